The number of fused-ring (bicyclic) bond motifs is 2. The SMILES string of the molecule is O=C(CN1CC[C@@H]2NC(=O)[C@@H](Cc3ccccc3)NC(=O)C3(CC=CC[C@@H]2C1)CCOCC3)Nc1ccc2c(c1)OCCO2. The number of benzene rings is 2. The van der Waals surface area contributed by atoms with Crippen LogP contribution < -0.4 is 25.4 Å². The lowest BCUT2D eigenvalue weighted by molar-refractivity contribution is -0.140. The number of piperidine rings is 1. The van der Waals surface area contributed by atoms with Crippen LogP contribution in [0.1, 0.15) is 37.7 Å². The van der Waals surface area contributed by atoms with Gasteiger partial charge in [-0.3, -0.25) is 19.3 Å². The molecule has 234 valence electrons. The number of ether oxygens (including phenoxy) is 3. The van der Waals surface area contributed by atoms with E-state index in [1.165, 1.54) is 0 Å². The molecule has 2 aromatic carbocycles. The van der Waals surface area contributed by atoms with Crippen LogP contribution in [0.3, 0.4) is 0 Å². The molecule has 2 fully saturated rings. The van der Waals surface area contributed by atoms with Crippen LogP contribution in [0.4, 0.5) is 5.69 Å². The number of nitrogens with one attached hydrogen (secondary N) is 3. The molecule has 0 aliphatic carbocycles. The maximum Gasteiger partial charge on any atom is 0.243 e. The van der Waals surface area contributed by atoms with Crippen LogP contribution in [-0.4, -0.2) is 80.8 Å². The molecule has 0 radical (unpaired) electrons. The Morgan fingerprint density at radius 3 is 2.57 bits per heavy atom. The fraction of sp³-hybridized carbons (Fsp3) is 0.500. The van der Waals surface area contributed by atoms with Gasteiger partial charge in [-0.2, -0.15) is 0 Å². The third-order valence-corrected chi connectivity index (χ3v) is 9.29. The molecule has 3 N–H and O–H groups in total. The molecule has 3 amide bonds. The Labute approximate surface area is 258 Å². The summed E-state index contributed by atoms with van der Waals surface area (Å²) in [5.41, 5.74) is 1.08. The first kappa shape index (κ1) is 30.1. The number of hydrogen-bond donors (Lipinski definition) is 3. The average molecular weight is 603 g/mol. The fourth-order valence-corrected chi connectivity index (χ4v) is 6.72. The lowest BCUT2D eigenvalue weighted by Gasteiger charge is -2.40. The second-order valence-electron chi connectivity index (χ2n) is 12.3. The van der Waals surface area contributed by atoms with Gasteiger partial charge in [0.25, 0.3) is 0 Å². The predicted octanol–water partition coefficient (Wildman–Crippen LogP) is 3.08. The molecular weight excluding hydrogens is 560 g/mol. The van der Waals surface area contributed by atoms with Gasteiger partial charge >= 0.3 is 0 Å². The number of carbonyl (C=O) groups excluding carboxylic acids is 3. The zero-order valence-electron chi connectivity index (χ0n) is 25.1. The summed E-state index contributed by atoms with van der Waals surface area (Å²) in [6.07, 6.45) is 8.03. The summed E-state index contributed by atoms with van der Waals surface area (Å²) in [4.78, 5) is 42.7. The summed E-state index contributed by atoms with van der Waals surface area (Å²) >= 11 is 0. The van der Waals surface area contributed by atoms with Gasteiger partial charge in [0.1, 0.15) is 19.3 Å². The zero-order chi connectivity index (χ0) is 30.4. The Morgan fingerprint density at radius 1 is 0.955 bits per heavy atom. The molecule has 4 heterocycles. The molecule has 0 aromatic heterocycles. The molecular formula is C34H42N4O6. The first-order valence-corrected chi connectivity index (χ1v) is 15.8. The van der Waals surface area contributed by atoms with E-state index in [1.807, 2.05) is 42.5 Å². The van der Waals surface area contributed by atoms with Gasteiger partial charge < -0.3 is 30.2 Å². The van der Waals surface area contributed by atoms with Crippen LogP contribution in [0, 0.1) is 11.3 Å². The summed E-state index contributed by atoms with van der Waals surface area (Å²) in [5, 5.41) is 9.43. The summed E-state index contributed by atoms with van der Waals surface area (Å²) in [5.74, 6) is 1.12. The van der Waals surface area contributed by atoms with Crippen molar-refractivity contribution in [2.24, 2.45) is 11.3 Å². The molecule has 6 rings (SSSR count). The molecule has 0 bridgehead atoms. The van der Waals surface area contributed by atoms with Gasteiger partial charge in [0.05, 0.1) is 12.0 Å². The lowest BCUT2D eigenvalue weighted by Crippen LogP contribution is -2.58. The Kier molecular flexibility index (Phi) is 9.47. The van der Waals surface area contributed by atoms with Gasteiger partial charge in [0.15, 0.2) is 11.5 Å². The van der Waals surface area contributed by atoms with Crippen LogP contribution in [0.25, 0.3) is 0 Å². The van der Waals surface area contributed by atoms with E-state index in [-0.39, 0.29) is 36.2 Å². The minimum atomic E-state index is -0.677. The van der Waals surface area contributed by atoms with Gasteiger partial charge in [-0.15, -0.1) is 0 Å². The van der Waals surface area contributed by atoms with Crippen molar-refractivity contribution >= 4 is 23.4 Å². The molecule has 0 saturated carbocycles. The number of rotatable bonds is 5. The number of nitrogens with zero attached hydrogens (tertiary/aromatic N) is 1. The maximum atomic E-state index is 13.8. The number of likely N-dealkylation sites (tertiary alicyclic amines) is 1. The second kappa shape index (κ2) is 13.8. The number of carbonyl (C=O) groups is 3. The molecule has 1 spiro atoms. The van der Waals surface area contributed by atoms with E-state index >= 15 is 0 Å². The smallest absolute Gasteiger partial charge is 0.243 e. The number of amides is 3. The van der Waals surface area contributed by atoms with Gasteiger partial charge in [0.2, 0.25) is 17.7 Å². The van der Waals surface area contributed by atoms with Crippen molar-refractivity contribution < 1.29 is 28.6 Å². The van der Waals surface area contributed by atoms with Crippen LogP contribution in [0.15, 0.2) is 60.7 Å². The number of anilines is 1. The monoisotopic (exact) mass is 602 g/mol. The van der Waals surface area contributed by atoms with E-state index in [0.717, 1.165) is 18.4 Å². The Morgan fingerprint density at radius 2 is 1.75 bits per heavy atom. The lowest BCUT2D eigenvalue weighted by atomic mass is 9.75. The highest BCUT2D eigenvalue weighted by atomic mass is 16.6. The summed E-state index contributed by atoms with van der Waals surface area (Å²) in [7, 11) is 0. The van der Waals surface area contributed by atoms with E-state index < -0.39 is 11.5 Å². The van der Waals surface area contributed by atoms with Crippen LogP contribution >= 0.6 is 0 Å². The zero-order valence-corrected chi connectivity index (χ0v) is 25.1. The minimum absolute atomic E-state index is 0.0594. The van der Waals surface area contributed by atoms with Crippen LogP contribution in [0.2, 0.25) is 0 Å². The van der Waals surface area contributed by atoms with Crippen LogP contribution in [-0.2, 0) is 25.5 Å². The Bertz CT molecular complexity index is 1360. The third-order valence-electron chi connectivity index (χ3n) is 9.29. The van der Waals surface area contributed by atoms with Crippen molar-refractivity contribution in [3.05, 3.63) is 66.2 Å². The molecule has 10 nitrogen and oxygen atoms in total. The minimum Gasteiger partial charge on any atom is -0.486 e. The van der Waals surface area contributed by atoms with E-state index in [4.69, 9.17) is 14.2 Å². The van der Waals surface area contributed by atoms with Crippen molar-refractivity contribution in [2.45, 2.75) is 50.6 Å². The molecule has 4 aliphatic heterocycles. The Hall–Kier alpha value is -3.89. The van der Waals surface area contributed by atoms with Crippen molar-refractivity contribution in [2.75, 3.05) is 51.4 Å². The molecule has 2 saturated heterocycles. The van der Waals surface area contributed by atoms with Gasteiger partial charge in [-0.1, -0.05) is 42.5 Å². The van der Waals surface area contributed by atoms with E-state index in [0.29, 0.717) is 82.4 Å². The van der Waals surface area contributed by atoms with E-state index in [2.05, 4.69) is 33.0 Å². The highest BCUT2D eigenvalue weighted by Gasteiger charge is 2.41. The molecule has 3 atom stereocenters. The molecule has 4 aliphatic rings. The molecule has 44 heavy (non-hydrogen) atoms. The highest BCUT2D eigenvalue weighted by molar-refractivity contribution is 5.93. The van der Waals surface area contributed by atoms with Crippen molar-refractivity contribution in [3.8, 4) is 11.5 Å². The number of hydrogen-bond acceptors (Lipinski definition) is 7. The van der Waals surface area contributed by atoms with Gasteiger partial charge in [-0.25, -0.2) is 0 Å². The third kappa shape index (κ3) is 7.25. The summed E-state index contributed by atoms with van der Waals surface area (Å²) in [6.45, 7) is 3.68. The maximum absolute atomic E-state index is 13.8. The highest BCUT2D eigenvalue weighted by Crippen LogP contribution is 2.36. The topological polar surface area (TPSA) is 118 Å². The second-order valence-corrected chi connectivity index (χ2v) is 12.3. The van der Waals surface area contributed by atoms with Crippen molar-refractivity contribution in [3.63, 3.8) is 0 Å². The molecule has 0 unspecified atom stereocenters. The van der Waals surface area contributed by atoms with Crippen molar-refractivity contribution in [1.82, 2.24) is 15.5 Å². The van der Waals surface area contributed by atoms with E-state index in [9.17, 15) is 14.4 Å². The summed E-state index contributed by atoms with van der Waals surface area (Å²) < 4.78 is 16.8. The Balaban J connectivity index is 1.15. The van der Waals surface area contributed by atoms with Gasteiger partial charge in [0, 0.05) is 50.5 Å². The standard InChI is InChI=1S/C34H42N4O6/c39-31(35-26-9-10-29-30(21-26)44-19-18-43-29)23-38-15-11-27-25(22-38)8-4-5-12-34(13-16-42-17-14-34)33(41)37-28(32(40)36-27)20-24-6-2-1-3-7-24/h1-7,9-10,21,25,27-28H,8,11-20,22-23H2,(H,35,39)(H,36,40)(H,37,41)/t25-,27+,28-/m1/s1. The summed E-state index contributed by atoms with van der Waals surface area (Å²) in [6, 6.07) is 14.5. The fourth-order valence-electron chi connectivity index (χ4n) is 6.72. The normalized spacial score (nSPS) is 25.5. The van der Waals surface area contributed by atoms with E-state index in [1.54, 1.807) is 6.07 Å². The van der Waals surface area contributed by atoms with Crippen molar-refractivity contribution in [1.29, 1.82) is 0 Å². The molecule has 10 heteroatoms. The largest absolute Gasteiger partial charge is 0.486 e. The first-order chi connectivity index (χ1) is 21.5. The number of allylic oxidation sites excluding steroid dienone is 2. The molecule has 2 aromatic rings. The average Bonchev–Trinajstić information content (AvgIpc) is 3.04. The quantitative estimate of drug-likeness (QED) is 0.451. The van der Waals surface area contributed by atoms with Gasteiger partial charge in [-0.05, 0) is 55.7 Å². The van der Waals surface area contributed by atoms with Crippen LogP contribution in [0.5, 0.6) is 11.5 Å². The predicted molar refractivity (Wildman–Crippen MR) is 165 cm³/mol. The first-order valence-electron chi connectivity index (χ1n) is 15.8.